The van der Waals surface area contributed by atoms with Crippen LogP contribution in [0.25, 0.3) is 21.8 Å². The van der Waals surface area contributed by atoms with Crippen molar-refractivity contribution >= 4 is 67.3 Å². The third-order valence-electron chi connectivity index (χ3n) is 10.6. The quantitative estimate of drug-likeness (QED) is 0.114. The largest absolute Gasteiger partial charge is 0.383 e. The van der Waals surface area contributed by atoms with Gasteiger partial charge in [0.25, 0.3) is 0 Å². The molecule has 7 rings (SSSR count). The van der Waals surface area contributed by atoms with E-state index in [0.717, 1.165) is 0 Å². The number of hydrogen-bond donors (Lipinski definition) is 2. The molecule has 0 aliphatic rings. The third-order valence-corrected chi connectivity index (χ3v) is 10.6. The molecule has 2 N–H and O–H groups in total. The molecule has 1 aromatic heterocycles. The average Bonchev–Trinajstić information content (AvgIpc) is 3.59. The van der Waals surface area contributed by atoms with E-state index >= 15 is 0 Å². The van der Waals surface area contributed by atoms with Gasteiger partial charge in [-0.2, -0.15) is 0 Å². The van der Waals surface area contributed by atoms with Crippen molar-refractivity contribution in [3.05, 3.63) is 146 Å². The normalized spacial score (nSPS) is 11.0. The fraction of sp³-hybridized carbons (Fsp3) is 0.379. The van der Waals surface area contributed by atoms with Crippen LogP contribution in [0.5, 0.6) is 0 Å². The molecule has 6 nitrogen and oxygen atoms in total. The summed E-state index contributed by atoms with van der Waals surface area (Å²) >= 11 is 0. The van der Waals surface area contributed by atoms with Crippen molar-refractivity contribution in [2.24, 2.45) is 0 Å². The van der Waals surface area contributed by atoms with E-state index < -0.39 is 0 Å². The minimum absolute atomic E-state index is 0.295. The van der Waals surface area contributed by atoms with Crippen LogP contribution in [0.2, 0.25) is 0 Å². The Hall–Kier alpha value is -5.88. The van der Waals surface area contributed by atoms with Gasteiger partial charge in [-0.3, -0.25) is 0 Å². The van der Waals surface area contributed by atoms with Crippen molar-refractivity contribution in [3.63, 3.8) is 0 Å². The molecular formula is C58H80N6. The zero-order valence-corrected chi connectivity index (χ0v) is 42.1. The summed E-state index contributed by atoms with van der Waals surface area (Å²) in [5, 5.41) is 9.68. The van der Waals surface area contributed by atoms with Crippen LogP contribution in [0.3, 0.4) is 0 Å². The molecule has 0 aliphatic carbocycles. The van der Waals surface area contributed by atoms with E-state index in [1.165, 1.54) is 67.3 Å². The van der Waals surface area contributed by atoms with Gasteiger partial charge < -0.3 is 29.9 Å². The molecule has 0 atom stereocenters. The standard InChI is InChI=1S/C33H39N3.C21H29N3.2C2H6/c1-25(2)34(28-16-10-7-11-17-28)31-22-32(35(26(3)4)29-18-12-8-13-19-29)24-33(23-31)36(27(5)6)30-20-14-9-15-21-30;1-13(2)22-16-7-9-18-19-10-8-17(23-14(3)4)12-21(19)24(15(5)6)20(18)11-16;2*1-2/h7-27H,1-6H3;7-15,22-23H,1-6H3;2*1-2H3. The molecule has 0 amide bonds. The van der Waals surface area contributed by atoms with E-state index in [0.29, 0.717) is 36.3 Å². The first-order valence-electron chi connectivity index (χ1n) is 24.0. The van der Waals surface area contributed by atoms with E-state index in [2.05, 4.69) is 259 Å². The van der Waals surface area contributed by atoms with Crippen LogP contribution >= 0.6 is 0 Å². The Morgan fingerprint density at radius 1 is 0.344 bits per heavy atom. The topological polar surface area (TPSA) is 38.7 Å². The predicted molar refractivity (Wildman–Crippen MR) is 288 cm³/mol. The van der Waals surface area contributed by atoms with Gasteiger partial charge in [0.2, 0.25) is 0 Å². The van der Waals surface area contributed by atoms with Crippen LogP contribution in [0.15, 0.2) is 146 Å². The highest BCUT2D eigenvalue weighted by atomic mass is 15.2. The lowest BCUT2D eigenvalue weighted by molar-refractivity contribution is 0.642. The zero-order valence-electron chi connectivity index (χ0n) is 42.1. The summed E-state index contributed by atoms with van der Waals surface area (Å²) < 4.78 is 2.45. The first-order valence-corrected chi connectivity index (χ1v) is 24.0. The maximum Gasteiger partial charge on any atom is 0.0514 e. The predicted octanol–water partition coefficient (Wildman–Crippen LogP) is 17.4. The number of nitrogens with zero attached hydrogens (tertiary/aromatic N) is 4. The lowest BCUT2D eigenvalue weighted by Crippen LogP contribution is -2.30. The molecule has 0 saturated carbocycles. The molecule has 0 saturated heterocycles. The first kappa shape index (κ1) is 50.8. The number of anilines is 8. The van der Waals surface area contributed by atoms with Crippen molar-refractivity contribution in [1.29, 1.82) is 0 Å². The molecular weight excluding hydrogens is 781 g/mol. The smallest absolute Gasteiger partial charge is 0.0514 e. The highest BCUT2D eigenvalue weighted by Gasteiger charge is 2.23. The van der Waals surface area contributed by atoms with E-state index in [-0.39, 0.29) is 0 Å². The molecule has 0 fully saturated rings. The number of hydrogen-bond acceptors (Lipinski definition) is 5. The van der Waals surface area contributed by atoms with Crippen LogP contribution in [0.4, 0.5) is 45.5 Å². The van der Waals surface area contributed by atoms with Crippen molar-refractivity contribution in [1.82, 2.24) is 4.57 Å². The Morgan fingerprint density at radius 3 is 0.859 bits per heavy atom. The highest BCUT2D eigenvalue weighted by molar-refractivity contribution is 6.09. The number of rotatable bonds is 14. The molecule has 0 unspecified atom stereocenters. The highest BCUT2D eigenvalue weighted by Crippen LogP contribution is 2.41. The van der Waals surface area contributed by atoms with Gasteiger partial charge >= 0.3 is 0 Å². The fourth-order valence-corrected chi connectivity index (χ4v) is 8.45. The Balaban J connectivity index is 0.000000278. The van der Waals surface area contributed by atoms with Crippen LogP contribution < -0.4 is 25.3 Å². The molecule has 342 valence electrons. The second kappa shape index (κ2) is 24.3. The van der Waals surface area contributed by atoms with Crippen LogP contribution in [-0.4, -0.2) is 34.8 Å². The Morgan fingerprint density at radius 2 is 0.625 bits per heavy atom. The summed E-state index contributed by atoms with van der Waals surface area (Å²) in [6.07, 6.45) is 0. The minimum atomic E-state index is 0.295. The lowest BCUT2D eigenvalue weighted by atomic mass is 10.1. The van der Waals surface area contributed by atoms with Crippen molar-refractivity contribution in [2.75, 3.05) is 25.3 Å². The van der Waals surface area contributed by atoms with E-state index in [1.54, 1.807) is 0 Å². The van der Waals surface area contributed by atoms with Crippen LogP contribution in [0.1, 0.15) is 117 Å². The van der Waals surface area contributed by atoms with Gasteiger partial charge in [-0.05, 0) is 162 Å². The minimum Gasteiger partial charge on any atom is -0.383 e. The maximum absolute atomic E-state index is 3.52. The summed E-state index contributed by atoms with van der Waals surface area (Å²) in [4.78, 5) is 7.29. The molecule has 64 heavy (non-hydrogen) atoms. The van der Waals surface area contributed by atoms with E-state index in [1.807, 2.05) is 27.7 Å². The van der Waals surface area contributed by atoms with E-state index in [9.17, 15) is 0 Å². The van der Waals surface area contributed by atoms with Crippen molar-refractivity contribution in [2.45, 2.75) is 147 Å². The Bertz CT molecular complexity index is 2180. The molecule has 0 radical (unpaired) electrons. The SMILES string of the molecule is CC.CC.CC(C)N(c1ccccc1)c1cc(N(c2ccccc2)C(C)C)cc(N(c2ccccc2)C(C)C)c1.CC(C)Nc1ccc2c3ccc(NC(C)C)cc3n(C(C)C)c2c1. The van der Waals surface area contributed by atoms with Gasteiger partial charge in [-0.25, -0.2) is 0 Å². The summed E-state index contributed by atoms with van der Waals surface area (Å²) in [5.74, 6) is 0. The molecule has 0 aliphatic heterocycles. The summed E-state index contributed by atoms with van der Waals surface area (Å²) in [6, 6.07) is 54.7. The molecule has 0 bridgehead atoms. The van der Waals surface area contributed by atoms with Crippen molar-refractivity contribution in [3.8, 4) is 0 Å². The maximum atomic E-state index is 3.52. The van der Waals surface area contributed by atoms with Gasteiger partial charge in [0, 0.05) is 92.5 Å². The second-order valence-corrected chi connectivity index (χ2v) is 17.6. The molecule has 6 aromatic carbocycles. The Kier molecular flexibility index (Phi) is 19.2. The van der Waals surface area contributed by atoms with Gasteiger partial charge in [-0.1, -0.05) is 94.4 Å². The summed E-state index contributed by atoms with van der Waals surface area (Å²) in [5.41, 5.74) is 12.1. The summed E-state index contributed by atoms with van der Waals surface area (Å²) in [6.45, 7) is 34.7. The van der Waals surface area contributed by atoms with Crippen molar-refractivity contribution < 1.29 is 0 Å². The van der Waals surface area contributed by atoms with Crippen LogP contribution in [-0.2, 0) is 0 Å². The molecule has 7 aromatic rings. The lowest BCUT2D eigenvalue weighted by Gasteiger charge is -2.36. The van der Waals surface area contributed by atoms with E-state index in [4.69, 9.17) is 0 Å². The van der Waals surface area contributed by atoms with Gasteiger partial charge in [0.05, 0.1) is 11.0 Å². The molecule has 1 heterocycles. The zero-order chi connectivity index (χ0) is 47.1. The van der Waals surface area contributed by atoms with Gasteiger partial charge in [0.15, 0.2) is 0 Å². The monoisotopic (exact) mass is 861 g/mol. The first-order chi connectivity index (χ1) is 30.7. The number of nitrogens with one attached hydrogen (secondary N) is 2. The third kappa shape index (κ3) is 12.6. The number of para-hydroxylation sites is 3. The Labute approximate surface area is 388 Å². The average molecular weight is 861 g/mol. The molecule has 0 spiro atoms. The van der Waals surface area contributed by atoms with Gasteiger partial charge in [-0.15, -0.1) is 0 Å². The van der Waals surface area contributed by atoms with Gasteiger partial charge in [0.1, 0.15) is 0 Å². The molecule has 6 heteroatoms. The van der Waals surface area contributed by atoms with Crippen LogP contribution in [0, 0.1) is 0 Å². The number of fused-ring (bicyclic) bond motifs is 3. The summed E-state index contributed by atoms with van der Waals surface area (Å²) in [7, 11) is 0. The second-order valence-electron chi connectivity index (χ2n) is 17.6. The number of benzene rings is 6. The number of aromatic nitrogens is 1. The fourth-order valence-electron chi connectivity index (χ4n) is 8.45.